The number of nitrogens with one attached hydrogen (secondary N) is 1. The van der Waals surface area contributed by atoms with Gasteiger partial charge in [0.15, 0.2) is 0 Å². The first-order chi connectivity index (χ1) is 12.2. The number of ether oxygens (including phenoxy) is 1. The molecular weight excluding hydrogens is 354 g/mol. The Morgan fingerprint density at radius 2 is 1.77 bits per heavy atom. The summed E-state index contributed by atoms with van der Waals surface area (Å²) in [5.74, 6) is -0.617. The summed E-state index contributed by atoms with van der Waals surface area (Å²) in [7, 11) is -2.52. The Bertz CT molecular complexity index is 892. The van der Waals surface area contributed by atoms with Crippen molar-refractivity contribution < 1.29 is 23.1 Å². The van der Waals surface area contributed by atoms with Gasteiger partial charge in [0.05, 0.1) is 12.0 Å². The van der Waals surface area contributed by atoms with Crippen LogP contribution in [0.25, 0.3) is 0 Å². The minimum atomic E-state index is -4.05. The van der Waals surface area contributed by atoms with Crippen molar-refractivity contribution >= 4 is 16.0 Å². The van der Waals surface area contributed by atoms with Crippen molar-refractivity contribution in [2.45, 2.75) is 37.6 Å². The number of methoxy groups -OCH3 is 1. The Hall–Kier alpha value is -2.38. The van der Waals surface area contributed by atoms with Crippen LogP contribution in [0, 0.1) is 6.92 Å². The molecule has 0 unspecified atom stereocenters. The summed E-state index contributed by atoms with van der Waals surface area (Å²) >= 11 is 0. The smallest absolute Gasteiger partial charge is 0.326 e. The van der Waals surface area contributed by atoms with E-state index in [1.807, 2.05) is 13.8 Å². The third kappa shape index (κ3) is 4.23. The maximum atomic E-state index is 12.9. The van der Waals surface area contributed by atoms with Crippen molar-refractivity contribution in [2.75, 3.05) is 7.11 Å². The zero-order valence-electron chi connectivity index (χ0n) is 15.2. The largest absolute Gasteiger partial charge is 0.496 e. The molecule has 0 bridgehead atoms. The standard InChI is InChI=1S/C19H23NO5S/c1-12(2)15-11-17(13(3)10-16(15)25-4)26(23,24)20-18(19(21)22)14-8-6-5-7-9-14/h5-12,18,20H,1-4H3,(H,21,22)/t18-/m0/s1. The van der Waals surface area contributed by atoms with Gasteiger partial charge in [-0.1, -0.05) is 44.2 Å². The summed E-state index contributed by atoms with van der Waals surface area (Å²) in [6.07, 6.45) is 0. The number of aryl methyl sites for hydroxylation is 1. The molecule has 7 heteroatoms. The lowest BCUT2D eigenvalue weighted by Crippen LogP contribution is -2.34. The lowest BCUT2D eigenvalue weighted by Gasteiger charge is -2.19. The molecule has 0 spiro atoms. The summed E-state index contributed by atoms with van der Waals surface area (Å²) < 4.78 is 33.4. The molecule has 140 valence electrons. The lowest BCUT2D eigenvalue weighted by molar-refractivity contribution is -0.139. The summed E-state index contributed by atoms with van der Waals surface area (Å²) in [6, 6.07) is 10.0. The van der Waals surface area contributed by atoms with E-state index >= 15 is 0 Å². The molecule has 1 atom stereocenters. The Labute approximate surface area is 153 Å². The highest BCUT2D eigenvalue weighted by atomic mass is 32.2. The van der Waals surface area contributed by atoms with Gasteiger partial charge in [-0.3, -0.25) is 4.79 Å². The number of sulfonamides is 1. The molecule has 0 aliphatic rings. The first kappa shape index (κ1) is 19.9. The predicted molar refractivity (Wildman–Crippen MR) is 99.0 cm³/mol. The summed E-state index contributed by atoms with van der Waals surface area (Å²) in [6.45, 7) is 5.52. The van der Waals surface area contributed by atoms with Gasteiger partial charge in [0, 0.05) is 0 Å². The maximum Gasteiger partial charge on any atom is 0.326 e. The normalized spacial score (nSPS) is 12.8. The van der Waals surface area contributed by atoms with Gasteiger partial charge < -0.3 is 9.84 Å². The van der Waals surface area contributed by atoms with Crippen LogP contribution in [-0.2, 0) is 14.8 Å². The Morgan fingerprint density at radius 1 is 1.15 bits per heavy atom. The van der Waals surface area contributed by atoms with Crippen LogP contribution < -0.4 is 9.46 Å². The molecule has 0 aliphatic heterocycles. The molecule has 2 N–H and O–H groups in total. The zero-order chi connectivity index (χ0) is 19.5. The third-order valence-corrected chi connectivity index (χ3v) is 5.66. The second kappa shape index (κ2) is 7.88. The second-order valence-electron chi connectivity index (χ2n) is 6.32. The average Bonchev–Trinajstić information content (AvgIpc) is 2.59. The number of carbonyl (C=O) groups is 1. The first-order valence-corrected chi connectivity index (χ1v) is 9.64. The summed E-state index contributed by atoms with van der Waals surface area (Å²) in [5.41, 5.74) is 1.58. The van der Waals surface area contributed by atoms with Crippen LogP contribution in [-0.4, -0.2) is 26.6 Å². The summed E-state index contributed by atoms with van der Waals surface area (Å²) in [5, 5.41) is 9.48. The fraction of sp³-hybridized carbons (Fsp3) is 0.316. The highest BCUT2D eigenvalue weighted by molar-refractivity contribution is 7.89. The van der Waals surface area contributed by atoms with E-state index in [-0.39, 0.29) is 10.8 Å². The van der Waals surface area contributed by atoms with Gasteiger partial charge in [0.2, 0.25) is 10.0 Å². The van der Waals surface area contributed by atoms with Gasteiger partial charge in [-0.05, 0) is 41.7 Å². The molecule has 2 aromatic rings. The summed E-state index contributed by atoms with van der Waals surface area (Å²) in [4.78, 5) is 11.7. The van der Waals surface area contributed by atoms with Crippen molar-refractivity contribution in [1.82, 2.24) is 4.72 Å². The van der Waals surface area contributed by atoms with E-state index < -0.39 is 22.0 Å². The van der Waals surface area contributed by atoms with Gasteiger partial charge >= 0.3 is 5.97 Å². The monoisotopic (exact) mass is 377 g/mol. The van der Waals surface area contributed by atoms with Gasteiger partial charge in [-0.15, -0.1) is 0 Å². The molecule has 0 aromatic heterocycles. The average molecular weight is 377 g/mol. The van der Waals surface area contributed by atoms with Crippen LogP contribution in [0.1, 0.15) is 42.5 Å². The second-order valence-corrected chi connectivity index (χ2v) is 8.00. The molecule has 0 amide bonds. The highest BCUT2D eigenvalue weighted by Gasteiger charge is 2.28. The fourth-order valence-electron chi connectivity index (χ4n) is 2.72. The van der Waals surface area contributed by atoms with Crippen LogP contribution in [0.2, 0.25) is 0 Å². The molecular formula is C19H23NO5S. The topological polar surface area (TPSA) is 92.7 Å². The first-order valence-electron chi connectivity index (χ1n) is 8.16. The zero-order valence-corrected chi connectivity index (χ0v) is 16.0. The Kier molecular flexibility index (Phi) is 6.05. The Morgan fingerprint density at radius 3 is 2.27 bits per heavy atom. The Balaban J connectivity index is 2.49. The molecule has 0 saturated carbocycles. The molecule has 2 rings (SSSR count). The van der Waals surface area contributed by atoms with E-state index in [9.17, 15) is 18.3 Å². The quantitative estimate of drug-likeness (QED) is 0.773. The minimum Gasteiger partial charge on any atom is -0.496 e. The SMILES string of the molecule is COc1cc(C)c(S(=O)(=O)N[C@H](C(=O)O)c2ccccc2)cc1C(C)C. The van der Waals surface area contributed by atoms with E-state index in [0.29, 0.717) is 16.9 Å². The molecule has 0 saturated heterocycles. The fourth-order valence-corrected chi connectivity index (χ4v) is 4.16. The van der Waals surface area contributed by atoms with Gasteiger partial charge in [-0.2, -0.15) is 4.72 Å². The number of carboxylic acid groups (broad SMARTS) is 1. The predicted octanol–water partition coefficient (Wildman–Crippen LogP) is 3.23. The van der Waals surface area contributed by atoms with Crippen LogP contribution in [0.4, 0.5) is 0 Å². The van der Waals surface area contributed by atoms with Crippen molar-refractivity contribution in [3.05, 3.63) is 59.2 Å². The molecule has 0 aliphatic carbocycles. The van der Waals surface area contributed by atoms with E-state index in [1.165, 1.54) is 7.11 Å². The maximum absolute atomic E-state index is 12.9. The number of hydrogen-bond donors (Lipinski definition) is 2. The van der Waals surface area contributed by atoms with E-state index in [2.05, 4.69) is 4.72 Å². The van der Waals surface area contributed by atoms with Crippen LogP contribution >= 0.6 is 0 Å². The van der Waals surface area contributed by atoms with Gasteiger partial charge in [0.1, 0.15) is 11.8 Å². The molecule has 6 nitrogen and oxygen atoms in total. The van der Waals surface area contributed by atoms with E-state index in [4.69, 9.17) is 4.74 Å². The van der Waals surface area contributed by atoms with E-state index in [1.54, 1.807) is 49.4 Å². The van der Waals surface area contributed by atoms with Crippen molar-refractivity contribution in [3.8, 4) is 5.75 Å². The molecule has 0 radical (unpaired) electrons. The van der Waals surface area contributed by atoms with E-state index in [0.717, 1.165) is 5.56 Å². The van der Waals surface area contributed by atoms with Crippen LogP contribution in [0.15, 0.2) is 47.4 Å². The number of rotatable bonds is 7. The molecule has 26 heavy (non-hydrogen) atoms. The molecule has 0 heterocycles. The molecule has 2 aromatic carbocycles. The van der Waals surface area contributed by atoms with Crippen molar-refractivity contribution in [1.29, 1.82) is 0 Å². The van der Waals surface area contributed by atoms with Crippen LogP contribution in [0.5, 0.6) is 5.75 Å². The van der Waals surface area contributed by atoms with Crippen molar-refractivity contribution in [3.63, 3.8) is 0 Å². The minimum absolute atomic E-state index is 0.0453. The number of aliphatic carboxylic acids is 1. The van der Waals surface area contributed by atoms with Crippen molar-refractivity contribution in [2.24, 2.45) is 0 Å². The molecule has 0 fully saturated rings. The van der Waals surface area contributed by atoms with Crippen LogP contribution in [0.3, 0.4) is 0 Å². The highest BCUT2D eigenvalue weighted by Crippen LogP contribution is 2.32. The van der Waals surface area contributed by atoms with Gasteiger partial charge in [0.25, 0.3) is 0 Å². The number of carboxylic acids is 1. The number of hydrogen-bond acceptors (Lipinski definition) is 4. The third-order valence-electron chi connectivity index (χ3n) is 4.09. The number of benzene rings is 2. The lowest BCUT2D eigenvalue weighted by atomic mass is 10.0. The van der Waals surface area contributed by atoms with Gasteiger partial charge in [-0.25, -0.2) is 8.42 Å².